The van der Waals surface area contributed by atoms with Crippen LogP contribution in [0.1, 0.15) is 27.9 Å². The molecule has 2 aromatic carbocycles. The summed E-state index contributed by atoms with van der Waals surface area (Å²) in [5.74, 6) is -0.132. The fourth-order valence-corrected chi connectivity index (χ4v) is 3.00. The molecule has 1 heterocycles. The van der Waals surface area contributed by atoms with Crippen LogP contribution in [0.3, 0.4) is 0 Å². The Balaban J connectivity index is 1.81. The van der Waals surface area contributed by atoms with Gasteiger partial charge in [0.05, 0.1) is 16.6 Å². The number of hydrogen-bond donors (Lipinski definition) is 2. The molecule has 4 heteroatoms. The molecule has 1 aliphatic rings. The molecule has 0 saturated heterocycles. The number of hydrogen-bond acceptors (Lipinski definition) is 2. The zero-order valence-corrected chi connectivity index (χ0v) is 11.4. The smallest absolute Gasteiger partial charge is 0.335 e. The fourth-order valence-electron chi connectivity index (χ4n) is 3.00. The zero-order chi connectivity index (χ0) is 14.4. The summed E-state index contributed by atoms with van der Waals surface area (Å²) in [6.45, 7) is 0. The number of nitrogens with zero attached hydrogens (tertiary/aromatic N) is 1. The Kier molecular flexibility index (Phi) is 2.57. The third-order valence-corrected chi connectivity index (χ3v) is 4.10. The molecule has 104 valence electrons. The van der Waals surface area contributed by atoms with Crippen LogP contribution in [0.4, 0.5) is 0 Å². The largest absolute Gasteiger partial charge is 0.478 e. The molecule has 0 atom stereocenters. The second kappa shape index (κ2) is 4.45. The molecule has 0 amide bonds. The van der Waals surface area contributed by atoms with Crippen molar-refractivity contribution in [1.29, 1.82) is 0 Å². The van der Waals surface area contributed by atoms with Crippen LogP contribution in [0.5, 0.6) is 0 Å². The molecule has 0 aliphatic heterocycles. The van der Waals surface area contributed by atoms with Crippen molar-refractivity contribution < 1.29 is 9.90 Å². The summed E-state index contributed by atoms with van der Waals surface area (Å²) in [5, 5.41) is 9.04. The van der Waals surface area contributed by atoms with Crippen molar-refractivity contribution in [1.82, 2.24) is 9.97 Å². The van der Waals surface area contributed by atoms with Gasteiger partial charge in [0, 0.05) is 5.56 Å². The number of carbonyl (C=O) groups is 1. The minimum Gasteiger partial charge on any atom is -0.478 e. The van der Waals surface area contributed by atoms with Gasteiger partial charge in [0.2, 0.25) is 0 Å². The number of rotatable bonds is 2. The number of H-pyrrole nitrogens is 1. The van der Waals surface area contributed by atoms with E-state index in [1.807, 2.05) is 0 Å². The van der Waals surface area contributed by atoms with E-state index in [4.69, 9.17) is 5.11 Å². The highest BCUT2D eigenvalue weighted by atomic mass is 16.4. The maximum atomic E-state index is 11.0. The monoisotopic (exact) mass is 278 g/mol. The summed E-state index contributed by atoms with van der Waals surface area (Å²) in [6.07, 6.45) is 3.52. The van der Waals surface area contributed by atoms with Gasteiger partial charge in [-0.1, -0.05) is 12.1 Å². The van der Waals surface area contributed by atoms with Gasteiger partial charge >= 0.3 is 5.97 Å². The van der Waals surface area contributed by atoms with Crippen molar-refractivity contribution in [2.24, 2.45) is 0 Å². The second-order valence-corrected chi connectivity index (χ2v) is 5.46. The van der Waals surface area contributed by atoms with Gasteiger partial charge in [-0.25, -0.2) is 9.78 Å². The molecule has 3 aromatic rings. The minimum atomic E-state index is -0.925. The molecule has 0 unspecified atom stereocenters. The Hall–Kier alpha value is -2.62. The number of aromatic carboxylic acids is 1. The highest BCUT2D eigenvalue weighted by molar-refractivity contribution is 5.93. The first kappa shape index (κ1) is 12.1. The van der Waals surface area contributed by atoms with Gasteiger partial charge in [-0.3, -0.25) is 0 Å². The van der Waals surface area contributed by atoms with Crippen LogP contribution in [0.15, 0.2) is 36.4 Å². The number of aryl methyl sites for hydroxylation is 2. The van der Waals surface area contributed by atoms with Crippen LogP contribution in [0.2, 0.25) is 0 Å². The molecule has 1 aliphatic carbocycles. The summed E-state index contributed by atoms with van der Waals surface area (Å²) in [7, 11) is 0. The van der Waals surface area contributed by atoms with Gasteiger partial charge in [0.25, 0.3) is 0 Å². The molecule has 0 saturated carbocycles. The molecule has 1 aromatic heterocycles. The predicted octanol–water partition coefficient (Wildman–Crippen LogP) is 3.42. The normalized spacial score (nSPS) is 13.5. The van der Waals surface area contributed by atoms with Crippen LogP contribution in [-0.4, -0.2) is 21.0 Å². The molecule has 21 heavy (non-hydrogen) atoms. The first-order chi connectivity index (χ1) is 10.2. The lowest BCUT2D eigenvalue weighted by atomic mass is 10.1. The number of carboxylic acid groups (broad SMARTS) is 1. The molecule has 0 radical (unpaired) electrons. The molecule has 0 spiro atoms. The Morgan fingerprint density at radius 1 is 1.10 bits per heavy atom. The van der Waals surface area contributed by atoms with E-state index in [0.29, 0.717) is 0 Å². The maximum Gasteiger partial charge on any atom is 0.335 e. The summed E-state index contributed by atoms with van der Waals surface area (Å²) in [6, 6.07) is 11.4. The standard InChI is InChI=1S/C17H14N2O2/c20-17(21)13-6-7-14-15(9-13)19-16(18-14)12-5-4-10-2-1-3-11(10)8-12/h4-9H,1-3H2,(H,18,19)(H,20,21). The van der Waals surface area contributed by atoms with E-state index in [1.54, 1.807) is 18.2 Å². The number of carboxylic acids is 1. The van der Waals surface area contributed by atoms with Crippen molar-refractivity contribution in [2.45, 2.75) is 19.3 Å². The topological polar surface area (TPSA) is 66.0 Å². The first-order valence-electron chi connectivity index (χ1n) is 7.06. The van der Waals surface area contributed by atoms with Gasteiger partial charge in [0.1, 0.15) is 5.82 Å². The molecule has 0 bridgehead atoms. The van der Waals surface area contributed by atoms with Gasteiger partial charge in [-0.05, 0) is 54.7 Å². The van der Waals surface area contributed by atoms with E-state index in [9.17, 15) is 4.79 Å². The van der Waals surface area contributed by atoms with Gasteiger partial charge < -0.3 is 10.1 Å². The Labute approximate surface area is 121 Å². The Morgan fingerprint density at radius 2 is 1.95 bits per heavy atom. The van der Waals surface area contributed by atoms with Crippen LogP contribution < -0.4 is 0 Å². The maximum absolute atomic E-state index is 11.0. The SMILES string of the molecule is O=C(O)c1ccc2nc(-c3ccc4c(c3)CCC4)[nH]c2c1. The zero-order valence-electron chi connectivity index (χ0n) is 11.4. The van der Waals surface area contributed by atoms with E-state index in [0.717, 1.165) is 35.3 Å². The molecule has 2 N–H and O–H groups in total. The Morgan fingerprint density at radius 3 is 2.81 bits per heavy atom. The highest BCUT2D eigenvalue weighted by Gasteiger charge is 2.13. The van der Waals surface area contributed by atoms with Crippen LogP contribution in [-0.2, 0) is 12.8 Å². The minimum absolute atomic E-state index is 0.270. The number of aromatic amines is 1. The molecular formula is C17H14N2O2. The third-order valence-electron chi connectivity index (χ3n) is 4.10. The number of fused-ring (bicyclic) bond motifs is 2. The van der Waals surface area contributed by atoms with E-state index in [-0.39, 0.29) is 5.56 Å². The van der Waals surface area contributed by atoms with E-state index in [1.165, 1.54) is 17.5 Å². The lowest BCUT2D eigenvalue weighted by Gasteiger charge is -2.01. The molecule has 0 fully saturated rings. The van der Waals surface area contributed by atoms with E-state index in [2.05, 4.69) is 28.2 Å². The van der Waals surface area contributed by atoms with Crippen LogP contribution in [0.25, 0.3) is 22.4 Å². The van der Waals surface area contributed by atoms with Crippen molar-refractivity contribution in [3.05, 3.63) is 53.1 Å². The summed E-state index contributed by atoms with van der Waals surface area (Å²) in [4.78, 5) is 18.8. The van der Waals surface area contributed by atoms with E-state index >= 15 is 0 Å². The van der Waals surface area contributed by atoms with Crippen molar-refractivity contribution in [3.8, 4) is 11.4 Å². The van der Waals surface area contributed by atoms with Gasteiger partial charge in [-0.15, -0.1) is 0 Å². The third kappa shape index (κ3) is 2.00. The predicted molar refractivity (Wildman–Crippen MR) is 80.5 cm³/mol. The number of benzene rings is 2. The molecular weight excluding hydrogens is 264 g/mol. The van der Waals surface area contributed by atoms with Crippen molar-refractivity contribution in [2.75, 3.05) is 0 Å². The van der Waals surface area contributed by atoms with Crippen LogP contribution in [0, 0.1) is 0 Å². The average molecular weight is 278 g/mol. The van der Waals surface area contributed by atoms with E-state index < -0.39 is 5.97 Å². The fraction of sp³-hybridized carbons (Fsp3) is 0.176. The van der Waals surface area contributed by atoms with Crippen molar-refractivity contribution in [3.63, 3.8) is 0 Å². The van der Waals surface area contributed by atoms with Crippen molar-refractivity contribution >= 4 is 17.0 Å². The van der Waals surface area contributed by atoms with Crippen LogP contribution >= 0.6 is 0 Å². The second-order valence-electron chi connectivity index (χ2n) is 5.46. The average Bonchev–Trinajstić information content (AvgIpc) is 3.11. The first-order valence-corrected chi connectivity index (χ1v) is 7.06. The quantitative estimate of drug-likeness (QED) is 0.755. The van der Waals surface area contributed by atoms with Gasteiger partial charge in [0.15, 0.2) is 0 Å². The summed E-state index contributed by atoms with van der Waals surface area (Å²) < 4.78 is 0. The lowest BCUT2D eigenvalue weighted by molar-refractivity contribution is 0.0697. The highest BCUT2D eigenvalue weighted by Crippen LogP contribution is 2.28. The Bertz CT molecular complexity index is 864. The summed E-state index contributed by atoms with van der Waals surface area (Å²) in [5.41, 5.74) is 5.71. The number of nitrogens with one attached hydrogen (secondary N) is 1. The number of aromatic nitrogens is 2. The summed E-state index contributed by atoms with van der Waals surface area (Å²) >= 11 is 0. The van der Waals surface area contributed by atoms with Gasteiger partial charge in [-0.2, -0.15) is 0 Å². The molecule has 4 rings (SSSR count). The number of imidazole rings is 1. The molecule has 4 nitrogen and oxygen atoms in total. The lowest BCUT2D eigenvalue weighted by Crippen LogP contribution is -1.94.